The highest BCUT2D eigenvalue weighted by atomic mass is 32.2. The summed E-state index contributed by atoms with van der Waals surface area (Å²) in [6, 6.07) is 3.07. The fraction of sp³-hybridized carbons (Fsp3) is 0.462. The van der Waals surface area contributed by atoms with Gasteiger partial charge in [-0.05, 0) is 32.9 Å². The lowest BCUT2D eigenvalue weighted by atomic mass is 10.1. The van der Waals surface area contributed by atoms with Gasteiger partial charge in [-0.2, -0.15) is 4.40 Å². The smallest absolute Gasteiger partial charge is 0.144 e. The number of fused-ring (bicyclic) bond motifs is 1. The van der Waals surface area contributed by atoms with Gasteiger partial charge in [0, 0.05) is 23.8 Å². The fourth-order valence-corrected chi connectivity index (χ4v) is 2.10. The van der Waals surface area contributed by atoms with E-state index in [0.717, 1.165) is 12.0 Å². The predicted octanol–water partition coefficient (Wildman–Crippen LogP) is 2.64. The van der Waals surface area contributed by atoms with Gasteiger partial charge in [-0.15, -0.1) is 0 Å². The molecule has 0 saturated carbocycles. The van der Waals surface area contributed by atoms with Crippen LogP contribution in [-0.4, -0.2) is 21.8 Å². The third-order valence-electron chi connectivity index (χ3n) is 2.62. The van der Waals surface area contributed by atoms with E-state index in [9.17, 15) is 8.60 Å². The van der Waals surface area contributed by atoms with Gasteiger partial charge in [0.25, 0.3) is 0 Å². The summed E-state index contributed by atoms with van der Waals surface area (Å²) in [5, 5.41) is 0. The van der Waals surface area contributed by atoms with Crippen LogP contribution in [0.3, 0.4) is 0 Å². The van der Waals surface area contributed by atoms with Crippen molar-refractivity contribution in [1.82, 2.24) is 0 Å². The quantitative estimate of drug-likeness (QED) is 0.774. The summed E-state index contributed by atoms with van der Waals surface area (Å²) >= 11 is 0. The second-order valence-corrected chi connectivity index (χ2v) is 7.11. The van der Waals surface area contributed by atoms with E-state index in [1.54, 1.807) is 6.07 Å². The molecular formula is C13H16FNO2S. The highest BCUT2D eigenvalue weighted by molar-refractivity contribution is 7.85. The van der Waals surface area contributed by atoms with Crippen molar-refractivity contribution in [1.29, 1.82) is 0 Å². The van der Waals surface area contributed by atoms with Gasteiger partial charge >= 0.3 is 0 Å². The van der Waals surface area contributed by atoms with Crippen molar-refractivity contribution in [3.63, 3.8) is 0 Å². The summed E-state index contributed by atoms with van der Waals surface area (Å²) in [5.74, 6) is 0.341. The van der Waals surface area contributed by atoms with Crippen LogP contribution in [-0.2, 0) is 17.4 Å². The minimum atomic E-state index is -1.38. The largest absolute Gasteiger partial charge is 0.493 e. The molecule has 0 unspecified atom stereocenters. The first-order valence-electron chi connectivity index (χ1n) is 5.79. The lowest BCUT2D eigenvalue weighted by Gasteiger charge is -2.12. The molecule has 18 heavy (non-hydrogen) atoms. The Morgan fingerprint density at radius 1 is 1.44 bits per heavy atom. The van der Waals surface area contributed by atoms with Crippen LogP contribution in [0, 0.1) is 5.82 Å². The molecule has 0 fully saturated rings. The molecule has 1 aliphatic rings. The average Bonchev–Trinajstić information content (AvgIpc) is 2.70. The number of benzene rings is 1. The van der Waals surface area contributed by atoms with Crippen LogP contribution in [0.4, 0.5) is 4.39 Å². The van der Waals surface area contributed by atoms with E-state index in [1.807, 2.05) is 20.8 Å². The Labute approximate surface area is 109 Å². The van der Waals surface area contributed by atoms with Crippen molar-refractivity contribution in [3.8, 4) is 5.75 Å². The molecule has 1 heterocycles. The Hall–Kier alpha value is -1.23. The standard InChI is InChI=1S/C13H16FNO2S/c1-13(2,3)18(16)15-8-10-7-12-9(4-5-17-12)6-11(10)14/h6-8H,4-5H2,1-3H3/t18-/m1/s1. The molecule has 0 amide bonds. The lowest BCUT2D eigenvalue weighted by molar-refractivity contribution is 0.356. The molecule has 0 aliphatic carbocycles. The maximum Gasteiger partial charge on any atom is 0.144 e. The van der Waals surface area contributed by atoms with Crippen molar-refractivity contribution in [3.05, 3.63) is 29.1 Å². The molecule has 1 aromatic carbocycles. The molecule has 0 radical (unpaired) electrons. The van der Waals surface area contributed by atoms with E-state index in [-0.39, 0.29) is 5.82 Å². The number of nitrogens with zero attached hydrogens (tertiary/aromatic N) is 1. The second kappa shape index (κ2) is 4.80. The molecule has 1 atom stereocenters. The lowest BCUT2D eigenvalue weighted by Crippen LogP contribution is -2.19. The van der Waals surface area contributed by atoms with Gasteiger partial charge in [-0.3, -0.25) is 0 Å². The fourth-order valence-electron chi connectivity index (χ4n) is 1.57. The summed E-state index contributed by atoms with van der Waals surface area (Å²) in [4.78, 5) is 0. The molecule has 1 aromatic rings. The van der Waals surface area contributed by atoms with Crippen molar-refractivity contribution in [2.24, 2.45) is 4.40 Å². The zero-order valence-corrected chi connectivity index (χ0v) is 11.5. The van der Waals surface area contributed by atoms with E-state index in [0.29, 0.717) is 17.9 Å². The molecule has 0 N–H and O–H groups in total. The SMILES string of the molecule is CC(C)(C)[S@@](=O)N=Cc1cc2c(cc1F)CCO2. The van der Waals surface area contributed by atoms with Crippen LogP contribution in [0.2, 0.25) is 0 Å². The zero-order valence-electron chi connectivity index (χ0n) is 10.7. The topological polar surface area (TPSA) is 38.7 Å². The molecule has 5 heteroatoms. The Bertz CT molecular complexity index is 520. The minimum absolute atomic E-state index is 0.313. The summed E-state index contributed by atoms with van der Waals surface area (Å²) in [7, 11) is -1.38. The van der Waals surface area contributed by atoms with E-state index < -0.39 is 15.7 Å². The van der Waals surface area contributed by atoms with Crippen LogP contribution in [0.1, 0.15) is 31.9 Å². The molecule has 1 aliphatic heterocycles. The molecule has 0 saturated heterocycles. The number of halogens is 1. The summed E-state index contributed by atoms with van der Waals surface area (Å²) in [6.07, 6.45) is 2.05. The number of rotatable bonds is 2. The molecule has 0 bridgehead atoms. The first-order chi connectivity index (χ1) is 8.38. The van der Waals surface area contributed by atoms with Gasteiger partial charge in [0.15, 0.2) is 0 Å². The molecule has 0 aromatic heterocycles. The summed E-state index contributed by atoms with van der Waals surface area (Å²) < 4.78 is 34.3. The van der Waals surface area contributed by atoms with Crippen LogP contribution in [0.25, 0.3) is 0 Å². The molecule has 3 nitrogen and oxygen atoms in total. The van der Waals surface area contributed by atoms with Crippen LogP contribution >= 0.6 is 0 Å². The monoisotopic (exact) mass is 269 g/mol. The zero-order chi connectivity index (χ0) is 13.3. The van der Waals surface area contributed by atoms with Gasteiger partial charge in [0.2, 0.25) is 0 Å². The first kappa shape index (κ1) is 13.2. The third-order valence-corrected chi connectivity index (χ3v) is 3.96. The van der Waals surface area contributed by atoms with Gasteiger partial charge in [-0.1, -0.05) is 0 Å². The van der Waals surface area contributed by atoms with E-state index in [2.05, 4.69) is 4.40 Å². The Morgan fingerprint density at radius 2 is 2.17 bits per heavy atom. The average molecular weight is 269 g/mol. The van der Waals surface area contributed by atoms with Crippen LogP contribution in [0.15, 0.2) is 16.5 Å². The van der Waals surface area contributed by atoms with Crippen molar-refractivity contribution < 1.29 is 13.3 Å². The molecule has 98 valence electrons. The molecule has 2 rings (SSSR count). The predicted molar refractivity (Wildman–Crippen MR) is 71.1 cm³/mol. The van der Waals surface area contributed by atoms with Crippen molar-refractivity contribution in [2.75, 3.05) is 6.61 Å². The molecular weight excluding hydrogens is 253 g/mol. The van der Waals surface area contributed by atoms with E-state index in [4.69, 9.17) is 4.74 Å². The maximum atomic E-state index is 13.7. The van der Waals surface area contributed by atoms with Gasteiger partial charge in [0.1, 0.15) is 22.6 Å². The van der Waals surface area contributed by atoms with Gasteiger partial charge in [0.05, 0.1) is 11.4 Å². The van der Waals surface area contributed by atoms with Crippen molar-refractivity contribution in [2.45, 2.75) is 31.9 Å². The number of ether oxygens (including phenoxy) is 1. The van der Waals surface area contributed by atoms with E-state index in [1.165, 1.54) is 12.3 Å². The first-order valence-corrected chi connectivity index (χ1v) is 6.90. The molecule has 0 spiro atoms. The van der Waals surface area contributed by atoms with Gasteiger partial charge < -0.3 is 4.74 Å². The Morgan fingerprint density at radius 3 is 2.83 bits per heavy atom. The number of hydrogen-bond acceptors (Lipinski definition) is 2. The minimum Gasteiger partial charge on any atom is -0.493 e. The highest BCUT2D eigenvalue weighted by Gasteiger charge is 2.19. The Kier molecular flexibility index (Phi) is 3.52. The number of hydrogen-bond donors (Lipinski definition) is 0. The second-order valence-electron chi connectivity index (χ2n) is 5.18. The van der Waals surface area contributed by atoms with E-state index >= 15 is 0 Å². The normalized spacial score (nSPS) is 16.7. The van der Waals surface area contributed by atoms with Crippen LogP contribution < -0.4 is 4.74 Å². The summed E-state index contributed by atoms with van der Waals surface area (Å²) in [6.45, 7) is 6.05. The van der Waals surface area contributed by atoms with Crippen molar-refractivity contribution >= 4 is 17.2 Å². The van der Waals surface area contributed by atoms with Crippen LogP contribution in [0.5, 0.6) is 5.75 Å². The van der Waals surface area contributed by atoms with Gasteiger partial charge in [-0.25, -0.2) is 8.60 Å². The third kappa shape index (κ3) is 2.77. The summed E-state index contributed by atoms with van der Waals surface area (Å²) in [5.41, 5.74) is 1.19. The maximum absolute atomic E-state index is 13.7. The highest BCUT2D eigenvalue weighted by Crippen LogP contribution is 2.27. The Balaban J connectivity index is 2.25.